The van der Waals surface area contributed by atoms with Gasteiger partial charge in [0.05, 0.1) is 6.61 Å². The molecule has 1 N–H and O–H groups in total. The highest BCUT2D eigenvalue weighted by Gasteiger charge is 2.38. The first-order valence-electron chi connectivity index (χ1n) is 9.38. The highest BCUT2D eigenvalue weighted by atomic mass is 28.4. The van der Waals surface area contributed by atoms with Crippen molar-refractivity contribution < 1.29 is 18.8 Å². The second kappa shape index (κ2) is 10.4. The summed E-state index contributed by atoms with van der Waals surface area (Å²) in [5.74, 6) is -0.188. The van der Waals surface area contributed by atoms with Crippen LogP contribution in [0.25, 0.3) is 0 Å². The maximum atomic E-state index is 12.5. The molecule has 0 aliphatic rings. The molecular formula is C21H33NO4Si. The lowest BCUT2D eigenvalue weighted by Crippen LogP contribution is -2.49. The van der Waals surface area contributed by atoms with Crippen molar-refractivity contribution in [3.8, 4) is 0 Å². The van der Waals surface area contributed by atoms with Crippen molar-refractivity contribution in [1.82, 2.24) is 5.32 Å². The zero-order valence-corrected chi connectivity index (χ0v) is 18.4. The predicted molar refractivity (Wildman–Crippen MR) is 111 cm³/mol. The molecule has 0 heterocycles. The van der Waals surface area contributed by atoms with Crippen molar-refractivity contribution in [3.05, 3.63) is 48.0 Å². The second-order valence-corrected chi connectivity index (χ2v) is 12.9. The van der Waals surface area contributed by atoms with Crippen molar-refractivity contribution in [2.75, 3.05) is 6.61 Å². The fourth-order valence-corrected chi connectivity index (χ4v) is 2.98. The number of amides is 1. The van der Waals surface area contributed by atoms with Crippen LogP contribution in [0.15, 0.2) is 42.5 Å². The Morgan fingerprint density at radius 3 is 2.37 bits per heavy atom. The molecule has 0 bridgehead atoms. The number of carbonyl (C=O) groups excluding carboxylic acids is 2. The summed E-state index contributed by atoms with van der Waals surface area (Å²) in [6.07, 6.45) is 3.40. The molecule has 6 heteroatoms. The average Bonchev–Trinajstić information content (AvgIpc) is 2.61. The summed E-state index contributed by atoms with van der Waals surface area (Å²) in [5.41, 5.74) is 0.888. The van der Waals surface area contributed by atoms with Gasteiger partial charge >= 0.3 is 6.09 Å². The highest BCUT2D eigenvalue weighted by Crippen LogP contribution is 2.36. The van der Waals surface area contributed by atoms with Gasteiger partial charge in [0.25, 0.3) is 0 Å². The molecule has 0 aliphatic carbocycles. The maximum Gasteiger partial charge on any atom is 0.408 e. The van der Waals surface area contributed by atoms with Crippen molar-refractivity contribution in [2.45, 2.75) is 64.9 Å². The molecule has 0 unspecified atom stereocenters. The average molecular weight is 392 g/mol. The Morgan fingerprint density at radius 2 is 1.81 bits per heavy atom. The van der Waals surface area contributed by atoms with Gasteiger partial charge in [-0.1, -0.05) is 64.1 Å². The first-order chi connectivity index (χ1) is 12.6. The molecule has 0 saturated heterocycles. The molecule has 27 heavy (non-hydrogen) atoms. The second-order valence-electron chi connectivity index (χ2n) is 8.04. The minimum atomic E-state index is -2.04. The van der Waals surface area contributed by atoms with Gasteiger partial charge in [0.2, 0.25) is 0 Å². The Labute approximate surface area is 164 Å². The topological polar surface area (TPSA) is 64.6 Å². The predicted octanol–water partition coefficient (Wildman–Crippen LogP) is 4.84. The number of hydrogen-bond donors (Lipinski definition) is 1. The number of nitrogens with one attached hydrogen (secondary N) is 1. The first kappa shape index (κ1) is 23.1. The van der Waals surface area contributed by atoms with Crippen molar-refractivity contribution in [2.24, 2.45) is 0 Å². The van der Waals surface area contributed by atoms with Crippen LogP contribution in [0.3, 0.4) is 0 Å². The molecule has 1 amide bonds. The Balaban J connectivity index is 2.72. The summed E-state index contributed by atoms with van der Waals surface area (Å²) >= 11 is 0. The SMILES string of the molecule is CC/C=C/C(=O)[C@H](CO[Si](C)(C)C(C)(C)C)NC(=O)OCc1ccccc1. The third-order valence-corrected chi connectivity index (χ3v) is 9.28. The Hall–Kier alpha value is -1.92. The van der Waals surface area contributed by atoms with Crippen LogP contribution in [0.4, 0.5) is 4.79 Å². The molecule has 1 rings (SSSR count). The largest absolute Gasteiger partial charge is 0.445 e. The number of carbonyl (C=O) groups is 2. The Bertz CT molecular complexity index is 635. The van der Waals surface area contributed by atoms with Crippen molar-refractivity contribution in [3.63, 3.8) is 0 Å². The van der Waals surface area contributed by atoms with Gasteiger partial charge in [0.1, 0.15) is 12.6 Å². The number of ketones is 1. The van der Waals surface area contributed by atoms with E-state index >= 15 is 0 Å². The molecule has 0 saturated carbocycles. The van der Waals surface area contributed by atoms with Crippen molar-refractivity contribution >= 4 is 20.2 Å². The van der Waals surface area contributed by atoms with Gasteiger partial charge in [-0.15, -0.1) is 0 Å². The minimum Gasteiger partial charge on any atom is -0.445 e. The quantitative estimate of drug-likeness (QED) is 0.483. The van der Waals surface area contributed by atoms with E-state index in [0.717, 1.165) is 12.0 Å². The smallest absolute Gasteiger partial charge is 0.408 e. The molecule has 0 fully saturated rings. The number of ether oxygens (including phenoxy) is 1. The van der Waals surface area contributed by atoms with Crippen LogP contribution in [0.5, 0.6) is 0 Å². The molecule has 1 aromatic carbocycles. The molecule has 1 aromatic rings. The lowest BCUT2D eigenvalue weighted by Gasteiger charge is -2.37. The Kier molecular flexibility index (Phi) is 8.92. The monoisotopic (exact) mass is 391 g/mol. The number of rotatable bonds is 9. The zero-order valence-electron chi connectivity index (χ0n) is 17.4. The van der Waals surface area contributed by atoms with E-state index in [0.29, 0.717) is 0 Å². The summed E-state index contributed by atoms with van der Waals surface area (Å²) < 4.78 is 11.4. The minimum absolute atomic E-state index is 0.0215. The molecule has 0 radical (unpaired) electrons. The van der Waals surface area contributed by atoms with E-state index in [1.54, 1.807) is 6.08 Å². The van der Waals surface area contributed by atoms with E-state index in [-0.39, 0.29) is 24.0 Å². The van der Waals surface area contributed by atoms with Crippen LogP contribution in [0.2, 0.25) is 18.1 Å². The van der Waals surface area contributed by atoms with Crippen LogP contribution < -0.4 is 5.32 Å². The fraction of sp³-hybridized carbons (Fsp3) is 0.524. The molecule has 0 aliphatic heterocycles. The molecular weight excluding hydrogens is 358 g/mol. The van der Waals surface area contributed by atoms with E-state index in [4.69, 9.17) is 9.16 Å². The third kappa shape index (κ3) is 8.09. The molecule has 0 spiro atoms. The standard InChI is InChI=1S/C21H33NO4Si/c1-7-8-14-19(23)18(16-26-27(5,6)21(2,3)4)22-20(24)25-15-17-12-10-9-11-13-17/h8-14,18H,7,15-16H2,1-6H3,(H,22,24)/b14-8+/t18-/m0/s1. The van der Waals surface area contributed by atoms with Gasteiger partial charge in [-0.2, -0.15) is 0 Å². The van der Waals surface area contributed by atoms with Gasteiger partial charge < -0.3 is 14.5 Å². The van der Waals surface area contributed by atoms with E-state index in [1.807, 2.05) is 37.3 Å². The van der Waals surface area contributed by atoms with E-state index in [1.165, 1.54) is 6.08 Å². The van der Waals surface area contributed by atoms with Gasteiger partial charge in [-0.05, 0) is 36.2 Å². The van der Waals surface area contributed by atoms with Gasteiger partial charge in [0, 0.05) is 0 Å². The van der Waals surface area contributed by atoms with E-state index in [2.05, 4.69) is 39.2 Å². The molecule has 1 atom stereocenters. The fourth-order valence-electron chi connectivity index (χ4n) is 1.96. The van der Waals surface area contributed by atoms with Crippen molar-refractivity contribution in [1.29, 1.82) is 0 Å². The maximum absolute atomic E-state index is 12.5. The lowest BCUT2D eigenvalue weighted by molar-refractivity contribution is -0.117. The Morgan fingerprint density at radius 1 is 1.19 bits per heavy atom. The first-order valence-corrected chi connectivity index (χ1v) is 12.3. The van der Waals surface area contributed by atoms with Crippen LogP contribution in [-0.2, 0) is 20.6 Å². The number of alkyl carbamates (subject to hydrolysis) is 1. The van der Waals surface area contributed by atoms with E-state index < -0.39 is 20.5 Å². The van der Waals surface area contributed by atoms with Gasteiger partial charge in [-0.25, -0.2) is 4.79 Å². The number of hydrogen-bond acceptors (Lipinski definition) is 4. The van der Waals surface area contributed by atoms with Gasteiger partial charge in [-0.3, -0.25) is 4.79 Å². The zero-order chi connectivity index (χ0) is 20.5. The van der Waals surface area contributed by atoms with Crippen LogP contribution in [-0.4, -0.2) is 32.8 Å². The summed E-state index contributed by atoms with van der Waals surface area (Å²) in [6.45, 7) is 12.9. The van der Waals surface area contributed by atoms with Crippen LogP contribution >= 0.6 is 0 Å². The van der Waals surface area contributed by atoms with Gasteiger partial charge in [0.15, 0.2) is 14.1 Å². The lowest BCUT2D eigenvalue weighted by atomic mass is 10.2. The van der Waals surface area contributed by atoms with Crippen LogP contribution in [0.1, 0.15) is 39.7 Å². The third-order valence-electron chi connectivity index (χ3n) is 4.78. The van der Waals surface area contributed by atoms with Crippen LogP contribution in [0, 0.1) is 0 Å². The summed E-state index contributed by atoms with van der Waals surface area (Å²) in [6, 6.07) is 8.65. The summed E-state index contributed by atoms with van der Waals surface area (Å²) in [5, 5.41) is 2.68. The molecule has 5 nitrogen and oxygen atoms in total. The summed E-state index contributed by atoms with van der Waals surface area (Å²) in [7, 11) is -2.04. The summed E-state index contributed by atoms with van der Waals surface area (Å²) in [4.78, 5) is 24.6. The highest BCUT2D eigenvalue weighted by molar-refractivity contribution is 6.74. The normalized spacial score (nSPS) is 13.4. The number of benzene rings is 1. The number of allylic oxidation sites excluding steroid dienone is 1. The van der Waals surface area contributed by atoms with E-state index in [9.17, 15) is 9.59 Å². The molecule has 150 valence electrons. The molecule has 0 aromatic heterocycles.